The van der Waals surface area contributed by atoms with Crippen LogP contribution in [-0.2, 0) is 4.74 Å². The van der Waals surface area contributed by atoms with Crippen molar-refractivity contribution in [3.05, 3.63) is 28.2 Å². The quantitative estimate of drug-likeness (QED) is 0.901. The van der Waals surface area contributed by atoms with Crippen molar-refractivity contribution in [2.24, 2.45) is 0 Å². The van der Waals surface area contributed by atoms with E-state index in [0.29, 0.717) is 6.61 Å². The summed E-state index contributed by atoms with van der Waals surface area (Å²) in [6, 6.07) is 5.09. The van der Waals surface area contributed by atoms with Crippen LogP contribution in [-0.4, -0.2) is 29.8 Å². The van der Waals surface area contributed by atoms with Gasteiger partial charge in [-0.05, 0) is 31.5 Å². The number of carboxylic acid groups (broad SMARTS) is 1. The highest BCUT2D eigenvalue weighted by Gasteiger charge is 2.29. The number of nitrogens with one attached hydrogen (secondary N) is 1. The Morgan fingerprint density at radius 2 is 2.29 bits per heavy atom. The molecule has 1 atom stereocenters. The number of ether oxygens (including phenoxy) is 1. The Kier molecular flexibility index (Phi) is 3.40. The lowest BCUT2D eigenvalue weighted by atomic mass is 10.0. The Morgan fingerprint density at radius 1 is 1.53 bits per heavy atom. The van der Waals surface area contributed by atoms with E-state index in [1.54, 1.807) is 12.1 Å². The molecule has 0 aromatic heterocycles. The zero-order valence-electron chi connectivity index (χ0n) is 9.50. The molecule has 4 nitrogen and oxygen atoms in total. The molecule has 2 N–H and O–H groups in total. The standard InChI is InChI=1S/C12H14BrNO3/c1-12(2-3-17-7-12)14-10-5-8(11(15)16)4-9(13)6-10/h4-6,14H,2-3,7H2,1H3,(H,15,16). The first-order valence-corrected chi connectivity index (χ1v) is 6.18. The molecule has 1 aliphatic heterocycles. The highest BCUT2D eigenvalue weighted by molar-refractivity contribution is 9.10. The van der Waals surface area contributed by atoms with E-state index in [2.05, 4.69) is 28.2 Å². The van der Waals surface area contributed by atoms with Crippen molar-refractivity contribution in [1.29, 1.82) is 0 Å². The van der Waals surface area contributed by atoms with Crippen LogP contribution in [0, 0.1) is 0 Å². The minimum absolute atomic E-state index is 0.115. The van der Waals surface area contributed by atoms with Crippen molar-refractivity contribution < 1.29 is 14.6 Å². The van der Waals surface area contributed by atoms with Crippen LogP contribution >= 0.6 is 15.9 Å². The number of rotatable bonds is 3. The minimum Gasteiger partial charge on any atom is -0.478 e. The SMILES string of the molecule is CC1(Nc2cc(Br)cc(C(=O)O)c2)CCOC1. The molecule has 17 heavy (non-hydrogen) atoms. The summed E-state index contributed by atoms with van der Waals surface area (Å²) in [5.41, 5.74) is 0.950. The molecule has 1 fully saturated rings. The minimum atomic E-state index is -0.929. The predicted octanol–water partition coefficient (Wildman–Crippen LogP) is 2.74. The predicted molar refractivity (Wildman–Crippen MR) is 68.6 cm³/mol. The lowest BCUT2D eigenvalue weighted by Crippen LogP contribution is -2.34. The van der Waals surface area contributed by atoms with Crippen molar-refractivity contribution in [3.8, 4) is 0 Å². The molecular weight excluding hydrogens is 286 g/mol. The van der Waals surface area contributed by atoms with E-state index in [9.17, 15) is 4.79 Å². The number of benzene rings is 1. The molecule has 2 rings (SSSR count). The Balaban J connectivity index is 2.23. The summed E-state index contributed by atoms with van der Waals surface area (Å²) in [4.78, 5) is 10.9. The highest BCUT2D eigenvalue weighted by atomic mass is 79.9. The first-order chi connectivity index (χ1) is 7.98. The second-order valence-corrected chi connectivity index (χ2v) is 5.44. The Hall–Kier alpha value is -1.07. The molecule has 0 amide bonds. The molecule has 92 valence electrons. The van der Waals surface area contributed by atoms with Gasteiger partial charge in [0.05, 0.1) is 17.7 Å². The van der Waals surface area contributed by atoms with E-state index in [1.165, 1.54) is 0 Å². The lowest BCUT2D eigenvalue weighted by Gasteiger charge is -2.25. The number of carboxylic acids is 1. The molecule has 1 aromatic carbocycles. The molecule has 1 unspecified atom stereocenters. The van der Waals surface area contributed by atoms with Crippen LogP contribution in [0.1, 0.15) is 23.7 Å². The van der Waals surface area contributed by atoms with Crippen molar-refractivity contribution >= 4 is 27.6 Å². The maximum atomic E-state index is 10.9. The number of hydrogen-bond acceptors (Lipinski definition) is 3. The van der Waals surface area contributed by atoms with Crippen LogP contribution in [0.4, 0.5) is 5.69 Å². The fourth-order valence-corrected chi connectivity index (χ4v) is 2.39. The normalized spacial score (nSPS) is 23.6. The smallest absolute Gasteiger partial charge is 0.335 e. The Bertz CT molecular complexity index is 441. The van der Waals surface area contributed by atoms with Crippen LogP contribution in [0.5, 0.6) is 0 Å². The molecule has 1 saturated heterocycles. The van der Waals surface area contributed by atoms with Gasteiger partial charge in [0.15, 0.2) is 0 Å². The van der Waals surface area contributed by atoms with Crippen LogP contribution in [0.25, 0.3) is 0 Å². The number of aromatic carboxylic acids is 1. The van der Waals surface area contributed by atoms with Gasteiger partial charge in [-0.2, -0.15) is 0 Å². The first kappa shape index (κ1) is 12.4. The maximum Gasteiger partial charge on any atom is 0.335 e. The molecule has 5 heteroatoms. The maximum absolute atomic E-state index is 10.9. The van der Waals surface area contributed by atoms with Gasteiger partial charge in [0.2, 0.25) is 0 Å². The number of halogens is 1. The van der Waals surface area contributed by atoms with E-state index in [0.717, 1.165) is 23.2 Å². The third-order valence-corrected chi connectivity index (χ3v) is 3.27. The van der Waals surface area contributed by atoms with Crippen LogP contribution < -0.4 is 5.32 Å². The summed E-state index contributed by atoms with van der Waals surface area (Å²) in [5, 5.41) is 12.3. The molecule has 1 heterocycles. The summed E-state index contributed by atoms with van der Waals surface area (Å²) >= 11 is 3.31. The van der Waals surface area contributed by atoms with Gasteiger partial charge in [-0.25, -0.2) is 4.79 Å². The molecule has 0 radical (unpaired) electrons. The van der Waals surface area contributed by atoms with Crippen molar-refractivity contribution in [1.82, 2.24) is 0 Å². The fraction of sp³-hybridized carbons (Fsp3) is 0.417. The third kappa shape index (κ3) is 2.98. The van der Waals surface area contributed by atoms with Gasteiger partial charge in [0, 0.05) is 16.8 Å². The van der Waals surface area contributed by atoms with Gasteiger partial charge in [0.25, 0.3) is 0 Å². The van der Waals surface area contributed by atoms with E-state index >= 15 is 0 Å². The second kappa shape index (κ2) is 4.66. The van der Waals surface area contributed by atoms with Crippen molar-refractivity contribution in [2.75, 3.05) is 18.5 Å². The summed E-state index contributed by atoms with van der Waals surface area (Å²) in [6.07, 6.45) is 0.919. The molecular formula is C12H14BrNO3. The van der Waals surface area contributed by atoms with Gasteiger partial charge in [-0.3, -0.25) is 0 Å². The monoisotopic (exact) mass is 299 g/mol. The van der Waals surface area contributed by atoms with E-state index in [4.69, 9.17) is 9.84 Å². The second-order valence-electron chi connectivity index (χ2n) is 4.52. The lowest BCUT2D eigenvalue weighted by molar-refractivity contribution is 0.0697. The van der Waals surface area contributed by atoms with Gasteiger partial charge < -0.3 is 15.2 Å². The molecule has 0 spiro atoms. The number of anilines is 1. The fourth-order valence-electron chi connectivity index (χ4n) is 1.90. The van der Waals surface area contributed by atoms with E-state index in [1.807, 2.05) is 6.07 Å². The van der Waals surface area contributed by atoms with Crippen LogP contribution in [0.2, 0.25) is 0 Å². The van der Waals surface area contributed by atoms with Gasteiger partial charge in [-0.15, -0.1) is 0 Å². The van der Waals surface area contributed by atoms with Crippen molar-refractivity contribution in [2.45, 2.75) is 18.9 Å². The third-order valence-electron chi connectivity index (χ3n) is 2.81. The van der Waals surface area contributed by atoms with E-state index in [-0.39, 0.29) is 11.1 Å². The Morgan fingerprint density at radius 3 is 2.88 bits per heavy atom. The van der Waals surface area contributed by atoms with Gasteiger partial charge in [0.1, 0.15) is 0 Å². The van der Waals surface area contributed by atoms with Gasteiger partial charge in [-0.1, -0.05) is 15.9 Å². The molecule has 0 saturated carbocycles. The highest BCUT2D eigenvalue weighted by Crippen LogP contribution is 2.26. The molecule has 1 aliphatic rings. The van der Waals surface area contributed by atoms with Crippen molar-refractivity contribution in [3.63, 3.8) is 0 Å². The number of hydrogen-bond donors (Lipinski definition) is 2. The van der Waals surface area contributed by atoms with Crippen LogP contribution in [0.15, 0.2) is 22.7 Å². The zero-order chi connectivity index (χ0) is 12.5. The average Bonchev–Trinajstić information content (AvgIpc) is 2.63. The average molecular weight is 300 g/mol. The summed E-state index contributed by atoms with van der Waals surface area (Å²) < 4.78 is 6.10. The van der Waals surface area contributed by atoms with Crippen LogP contribution in [0.3, 0.4) is 0 Å². The summed E-state index contributed by atoms with van der Waals surface area (Å²) in [5.74, 6) is -0.929. The zero-order valence-corrected chi connectivity index (χ0v) is 11.1. The molecule has 0 aliphatic carbocycles. The molecule has 0 bridgehead atoms. The summed E-state index contributed by atoms with van der Waals surface area (Å²) in [6.45, 7) is 3.45. The van der Waals surface area contributed by atoms with Gasteiger partial charge >= 0.3 is 5.97 Å². The summed E-state index contributed by atoms with van der Waals surface area (Å²) in [7, 11) is 0. The molecule has 1 aromatic rings. The number of carbonyl (C=O) groups is 1. The Labute approximate surface area is 108 Å². The van der Waals surface area contributed by atoms with E-state index < -0.39 is 5.97 Å². The largest absolute Gasteiger partial charge is 0.478 e. The topological polar surface area (TPSA) is 58.6 Å². The first-order valence-electron chi connectivity index (χ1n) is 5.38.